The van der Waals surface area contributed by atoms with E-state index in [1.807, 2.05) is 0 Å². The summed E-state index contributed by atoms with van der Waals surface area (Å²) in [6, 6.07) is 0. The summed E-state index contributed by atoms with van der Waals surface area (Å²) in [4.78, 5) is 8.89. The summed E-state index contributed by atoms with van der Waals surface area (Å²) in [5.74, 6) is -1.08. The van der Waals surface area contributed by atoms with Crippen molar-refractivity contribution in [3.8, 4) is 0 Å². The molecule has 0 amide bonds. The van der Waals surface area contributed by atoms with Gasteiger partial charge in [-0.2, -0.15) is 0 Å². The van der Waals surface area contributed by atoms with Gasteiger partial charge in [-0.05, 0) is 6.92 Å². The maximum atomic E-state index is 8.89. The predicted molar refractivity (Wildman–Crippen MR) is 21.7 cm³/mol. The molecule has 0 saturated carbocycles. The SMILES string of the molecule is CC(=O)[O-].[Ca+2].[NH2-]. The molecule has 0 aromatic rings. The predicted octanol–water partition coefficient (Wildman–Crippen LogP) is -0.908. The van der Waals surface area contributed by atoms with Crippen molar-refractivity contribution in [3.63, 3.8) is 0 Å². The molecule has 3 nitrogen and oxygen atoms in total. The van der Waals surface area contributed by atoms with Gasteiger partial charge in [-0.25, -0.2) is 0 Å². The number of carboxylic acid groups (broad SMARTS) is 1. The third-order valence-corrected chi connectivity index (χ3v) is 0. The van der Waals surface area contributed by atoms with Crippen LogP contribution in [0.4, 0.5) is 0 Å². The zero-order valence-electron chi connectivity index (χ0n) is 3.60. The Labute approximate surface area is 66.3 Å². The molecule has 0 aromatic carbocycles. The second kappa shape index (κ2) is 9.19. The van der Waals surface area contributed by atoms with Gasteiger partial charge in [0, 0.05) is 5.97 Å². The van der Waals surface area contributed by atoms with E-state index in [0.29, 0.717) is 0 Å². The summed E-state index contributed by atoms with van der Waals surface area (Å²) in [5.41, 5.74) is 0. The number of hydrogen-bond donors (Lipinski definition) is 0. The largest absolute Gasteiger partial charge is 2.00 e. The minimum atomic E-state index is -1.08. The van der Waals surface area contributed by atoms with Crippen LogP contribution in [-0.2, 0) is 4.79 Å². The standard InChI is InChI=1S/C2H4O2.Ca.H2N/c1-2(3)4;;/h1H3,(H,3,4);;1H2/q;+2;-1/p-1. The van der Waals surface area contributed by atoms with E-state index in [2.05, 4.69) is 0 Å². The molecule has 0 aliphatic carbocycles. The van der Waals surface area contributed by atoms with Gasteiger partial charge >= 0.3 is 37.7 Å². The van der Waals surface area contributed by atoms with Gasteiger partial charge in [-0.1, -0.05) is 0 Å². The smallest absolute Gasteiger partial charge is 0.693 e. The number of carbonyl (C=O) groups is 1. The number of nitrogens with two attached hydrogens (primary N) is 1. The fourth-order valence-electron chi connectivity index (χ4n) is 0. The fourth-order valence-corrected chi connectivity index (χ4v) is 0. The van der Waals surface area contributed by atoms with Gasteiger partial charge in [0.2, 0.25) is 0 Å². The quantitative estimate of drug-likeness (QED) is 0.383. The molecule has 0 aliphatic rings. The van der Waals surface area contributed by atoms with Crippen molar-refractivity contribution in [2.75, 3.05) is 0 Å². The summed E-state index contributed by atoms with van der Waals surface area (Å²) in [5, 5.41) is 8.89. The Kier molecular flexibility index (Phi) is 24.4. The van der Waals surface area contributed by atoms with Crippen molar-refractivity contribution in [1.82, 2.24) is 0 Å². The topological polar surface area (TPSA) is 73.6 Å². The van der Waals surface area contributed by atoms with E-state index in [-0.39, 0.29) is 43.9 Å². The molecule has 0 rings (SSSR count). The molecule has 0 saturated heterocycles. The summed E-state index contributed by atoms with van der Waals surface area (Å²) in [7, 11) is 0. The average molecular weight is 115 g/mol. The van der Waals surface area contributed by atoms with Crippen molar-refractivity contribution in [1.29, 1.82) is 0 Å². The molecule has 0 heterocycles. The monoisotopic (exact) mass is 115 g/mol. The number of rotatable bonds is 0. The molecule has 2 N–H and O–H groups in total. The van der Waals surface area contributed by atoms with Gasteiger partial charge in [0.15, 0.2) is 0 Å². The zero-order chi connectivity index (χ0) is 3.58. The van der Waals surface area contributed by atoms with Crippen molar-refractivity contribution in [3.05, 3.63) is 6.15 Å². The third kappa shape index (κ3) is 134. The molecule has 0 radical (unpaired) electrons. The van der Waals surface area contributed by atoms with Crippen LogP contribution in [0.5, 0.6) is 0 Å². The molecule has 0 aromatic heterocycles. The van der Waals surface area contributed by atoms with E-state index in [1.54, 1.807) is 0 Å². The number of carboxylic acids is 1. The van der Waals surface area contributed by atoms with Gasteiger partial charge in [0.25, 0.3) is 0 Å². The molecule has 0 spiro atoms. The van der Waals surface area contributed by atoms with Crippen LogP contribution in [0.3, 0.4) is 0 Å². The molecule has 6 heavy (non-hydrogen) atoms. The van der Waals surface area contributed by atoms with E-state index in [9.17, 15) is 0 Å². The second-order valence-corrected chi connectivity index (χ2v) is 0.492. The fraction of sp³-hybridized carbons (Fsp3) is 0.500. The first-order valence-corrected chi connectivity index (χ1v) is 0.908. The minimum absolute atomic E-state index is 0. The zero-order valence-corrected chi connectivity index (χ0v) is 5.81. The normalized spacial score (nSPS) is 4.17. The van der Waals surface area contributed by atoms with Crippen LogP contribution < -0.4 is 5.11 Å². The van der Waals surface area contributed by atoms with E-state index < -0.39 is 5.97 Å². The molecule has 0 fully saturated rings. The molecular formula is C2H5CaNO2. The van der Waals surface area contributed by atoms with Gasteiger partial charge in [0.05, 0.1) is 0 Å². The van der Waals surface area contributed by atoms with Gasteiger partial charge in [-0.3, -0.25) is 0 Å². The Bertz CT molecular complexity index is 34.5. The third-order valence-electron chi connectivity index (χ3n) is 0. The summed E-state index contributed by atoms with van der Waals surface area (Å²) in [6.45, 7) is 0.972. The molecular weight excluding hydrogens is 110 g/mol. The van der Waals surface area contributed by atoms with Crippen molar-refractivity contribution < 1.29 is 9.90 Å². The average Bonchev–Trinajstić information content (AvgIpc) is 0.811. The van der Waals surface area contributed by atoms with Crippen molar-refractivity contribution >= 4 is 43.7 Å². The molecule has 32 valence electrons. The molecule has 0 atom stereocenters. The Morgan fingerprint density at radius 1 is 1.67 bits per heavy atom. The Morgan fingerprint density at radius 3 is 1.67 bits per heavy atom. The van der Waals surface area contributed by atoms with Crippen LogP contribution in [0.2, 0.25) is 0 Å². The van der Waals surface area contributed by atoms with Crippen LogP contribution in [0, 0.1) is 0 Å². The van der Waals surface area contributed by atoms with Crippen molar-refractivity contribution in [2.45, 2.75) is 6.92 Å². The number of carbonyl (C=O) groups excluding carboxylic acids is 1. The van der Waals surface area contributed by atoms with E-state index in [1.165, 1.54) is 0 Å². The van der Waals surface area contributed by atoms with E-state index in [0.717, 1.165) is 6.92 Å². The first kappa shape index (κ1) is 15.9. The Morgan fingerprint density at radius 2 is 1.67 bits per heavy atom. The first-order valence-electron chi connectivity index (χ1n) is 0.908. The molecule has 0 aliphatic heterocycles. The number of hydrogen-bond acceptors (Lipinski definition) is 2. The van der Waals surface area contributed by atoms with Crippen LogP contribution in [-0.4, -0.2) is 43.7 Å². The summed E-state index contributed by atoms with van der Waals surface area (Å²) in [6.07, 6.45) is 0. The molecule has 0 bridgehead atoms. The van der Waals surface area contributed by atoms with Gasteiger partial charge in [0.1, 0.15) is 0 Å². The first-order chi connectivity index (χ1) is 1.73. The van der Waals surface area contributed by atoms with E-state index >= 15 is 0 Å². The Balaban J connectivity index is -0.0000000450. The summed E-state index contributed by atoms with van der Waals surface area (Å²) >= 11 is 0. The van der Waals surface area contributed by atoms with Gasteiger partial charge in [-0.15, -0.1) is 0 Å². The molecule has 4 heteroatoms. The van der Waals surface area contributed by atoms with Crippen LogP contribution in [0.15, 0.2) is 0 Å². The maximum absolute atomic E-state index is 8.89. The Hall–Kier alpha value is 0.690. The van der Waals surface area contributed by atoms with Gasteiger partial charge < -0.3 is 16.1 Å². The van der Waals surface area contributed by atoms with Crippen LogP contribution in [0.25, 0.3) is 6.15 Å². The maximum Gasteiger partial charge on any atom is 2.00 e. The van der Waals surface area contributed by atoms with E-state index in [4.69, 9.17) is 9.90 Å². The number of aliphatic carboxylic acids is 1. The minimum Gasteiger partial charge on any atom is -0.693 e. The van der Waals surface area contributed by atoms with Crippen LogP contribution >= 0.6 is 0 Å². The summed E-state index contributed by atoms with van der Waals surface area (Å²) < 4.78 is 0. The van der Waals surface area contributed by atoms with Crippen LogP contribution in [0.1, 0.15) is 6.92 Å². The molecule has 0 unspecified atom stereocenters. The second-order valence-electron chi connectivity index (χ2n) is 0.492. The van der Waals surface area contributed by atoms with Crippen molar-refractivity contribution in [2.24, 2.45) is 0 Å².